The molecular formula is C18H26ClNO3. The Kier molecular flexibility index (Phi) is 6.06. The SMILES string of the molecule is CCC(CC)(CNC(=O)C1(O)CCOCC1)c1ccc(Cl)cc1. The first-order chi connectivity index (χ1) is 11.0. The van der Waals surface area contributed by atoms with Crippen LogP contribution in [0.3, 0.4) is 0 Å². The summed E-state index contributed by atoms with van der Waals surface area (Å²) in [5.74, 6) is -0.291. The van der Waals surface area contributed by atoms with Crippen molar-refractivity contribution < 1.29 is 14.6 Å². The fourth-order valence-corrected chi connectivity index (χ4v) is 3.29. The van der Waals surface area contributed by atoms with E-state index < -0.39 is 5.60 Å². The molecule has 1 aromatic carbocycles. The zero-order valence-electron chi connectivity index (χ0n) is 13.9. The second kappa shape index (κ2) is 7.65. The maximum Gasteiger partial charge on any atom is 0.252 e. The molecule has 23 heavy (non-hydrogen) atoms. The number of hydrogen-bond acceptors (Lipinski definition) is 3. The van der Waals surface area contributed by atoms with E-state index in [1.807, 2.05) is 24.3 Å². The highest BCUT2D eigenvalue weighted by Crippen LogP contribution is 2.32. The quantitative estimate of drug-likeness (QED) is 0.837. The molecule has 0 aromatic heterocycles. The minimum absolute atomic E-state index is 0.151. The monoisotopic (exact) mass is 339 g/mol. The van der Waals surface area contributed by atoms with Crippen LogP contribution in [0.25, 0.3) is 0 Å². The van der Waals surface area contributed by atoms with Crippen LogP contribution in [0.15, 0.2) is 24.3 Å². The Morgan fingerprint density at radius 1 is 1.26 bits per heavy atom. The van der Waals surface area contributed by atoms with E-state index in [0.29, 0.717) is 37.6 Å². The van der Waals surface area contributed by atoms with E-state index in [4.69, 9.17) is 16.3 Å². The molecule has 1 heterocycles. The van der Waals surface area contributed by atoms with Gasteiger partial charge in [0.25, 0.3) is 5.91 Å². The molecule has 128 valence electrons. The Morgan fingerprint density at radius 3 is 2.35 bits per heavy atom. The number of hydrogen-bond donors (Lipinski definition) is 2. The van der Waals surface area contributed by atoms with Crippen molar-refractivity contribution in [3.63, 3.8) is 0 Å². The molecule has 1 aromatic rings. The lowest BCUT2D eigenvalue weighted by atomic mass is 9.75. The van der Waals surface area contributed by atoms with E-state index in [1.54, 1.807) is 0 Å². The number of rotatable bonds is 6. The highest BCUT2D eigenvalue weighted by atomic mass is 35.5. The number of ether oxygens (including phenoxy) is 1. The van der Waals surface area contributed by atoms with Crippen molar-refractivity contribution >= 4 is 17.5 Å². The summed E-state index contributed by atoms with van der Waals surface area (Å²) in [6.45, 7) is 5.59. The molecule has 1 aliphatic heterocycles. The smallest absolute Gasteiger partial charge is 0.252 e. The molecule has 0 spiro atoms. The first kappa shape index (κ1) is 18.2. The maximum absolute atomic E-state index is 12.4. The predicted octanol–water partition coefficient (Wildman–Crippen LogP) is 3.06. The molecule has 4 nitrogen and oxygen atoms in total. The fraction of sp³-hybridized carbons (Fsp3) is 0.611. The van der Waals surface area contributed by atoms with Crippen molar-refractivity contribution in [3.8, 4) is 0 Å². The van der Waals surface area contributed by atoms with Crippen LogP contribution in [-0.4, -0.2) is 36.4 Å². The fourth-order valence-electron chi connectivity index (χ4n) is 3.16. The van der Waals surface area contributed by atoms with Gasteiger partial charge in [0.05, 0.1) is 0 Å². The molecule has 0 unspecified atom stereocenters. The Hall–Kier alpha value is -1.10. The Balaban J connectivity index is 2.10. The second-order valence-electron chi connectivity index (χ2n) is 6.32. The zero-order valence-corrected chi connectivity index (χ0v) is 14.7. The normalized spacial score (nSPS) is 17.7. The van der Waals surface area contributed by atoms with Crippen molar-refractivity contribution in [2.24, 2.45) is 0 Å². The molecule has 1 fully saturated rings. The van der Waals surface area contributed by atoms with Gasteiger partial charge in [-0.05, 0) is 30.5 Å². The van der Waals surface area contributed by atoms with Gasteiger partial charge in [0.1, 0.15) is 5.60 Å². The summed E-state index contributed by atoms with van der Waals surface area (Å²) in [5, 5.41) is 14.2. The van der Waals surface area contributed by atoms with Crippen LogP contribution in [0.5, 0.6) is 0 Å². The van der Waals surface area contributed by atoms with E-state index in [0.717, 1.165) is 18.4 Å². The van der Waals surface area contributed by atoms with Crippen molar-refractivity contribution in [1.29, 1.82) is 0 Å². The van der Waals surface area contributed by atoms with Crippen molar-refractivity contribution in [2.45, 2.75) is 50.5 Å². The number of carbonyl (C=O) groups is 1. The molecule has 0 atom stereocenters. The number of halogens is 1. The summed E-state index contributed by atoms with van der Waals surface area (Å²) < 4.78 is 5.23. The predicted molar refractivity (Wildman–Crippen MR) is 91.7 cm³/mol. The van der Waals surface area contributed by atoms with Gasteiger partial charge < -0.3 is 15.2 Å². The van der Waals surface area contributed by atoms with Crippen molar-refractivity contribution in [2.75, 3.05) is 19.8 Å². The summed E-state index contributed by atoms with van der Waals surface area (Å²) in [6.07, 6.45) is 2.50. The van der Waals surface area contributed by atoms with Crippen LogP contribution in [0, 0.1) is 0 Å². The molecule has 1 aliphatic rings. The van der Waals surface area contributed by atoms with E-state index >= 15 is 0 Å². The van der Waals surface area contributed by atoms with Gasteiger partial charge in [0, 0.05) is 43.0 Å². The van der Waals surface area contributed by atoms with Gasteiger partial charge in [-0.3, -0.25) is 4.79 Å². The molecule has 2 rings (SSSR count). The molecule has 0 saturated carbocycles. The number of carbonyl (C=O) groups excluding carboxylic acids is 1. The Labute approximate surface area is 143 Å². The van der Waals surface area contributed by atoms with Crippen LogP contribution >= 0.6 is 11.6 Å². The molecule has 1 saturated heterocycles. The van der Waals surface area contributed by atoms with Gasteiger partial charge in [0.15, 0.2) is 0 Å². The van der Waals surface area contributed by atoms with Crippen LogP contribution in [0.1, 0.15) is 45.1 Å². The first-order valence-electron chi connectivity index (χ1n) is 8.30. The van der Waals surface area contributed by atoms with E-state index in [9.17, 15) is 9.90 Å². The average Bonchev–Trinajstić information content (AvgIpc) is 2.58. The second-order valence-corrected chi connectivity index (χ2v) is 6.76. The summed E-state index contributed by atoms with van der Waals surface area (Å²) in [7, 11) is 0. The summed E-state index contributed by atoms with van der Waals surface area (Å²) in [4.78, 5) is 12.4. The van der Waals surface area contributed by atoms with E-state index in [-0.39, 0.29) is 11.3 Å². The van der Waals surface area contributed by atoms with E-state index in [2.05, 4.69) is 19.2 Å². The number of amides is 1. The maximum atomic E-state index is 12.4. The Bertz CT molecular complexity index is 520. The lowest BCUT2D eigenvalue weighted by Gasteiger charge is -2.36. The van der Waals surface area contributed by atoms with Crippen LogP contribution < -0.4 is 5.32 Å². The topological polar surface area (TPSA) is 58.6 Å². The highest BCUT2D eigenvalue weighted by molar-refractivity contribution is 6.30. The minimum atomic E-state index is -1.30. The standard InChI is InChI=1S/C18H26ClNO3/c1-3-17(4-2,14-5-7-15(19)8-6-14)13-20-16(21)18(22)9-11-23-12-10-18/h5-8,22H,3-4,9-13H2,1-2H3,(H,20,21). The summed E-state index contributed by atoms with van der Waals surface area (Å²) in [5.41, 5.74) is -0.293. The third kappa shape index (κ3) is 4.06. The lowest BCUT2D eigenvalue weighted by Crippen LogP contribution is -2.53. The largest absolute Gasteiger partial charge is 0.381 e. The van der Waals surface area contributed by atoms with Gasteiger partial charge in [-0.25, -0.2) is 0 Å². The molecule has 0 aliphatic carbocycles. The molecule has 1 amide bonds. The number of benzene rings is 1. The highest BCUT2D eigenvalue weighted by Gasteiger charge is 2.39. The molecule has 5 heteroatoms. The number of nitrogens with one attached hydrogen (secondary N) is 1. The van der Waals surface area contributed by atoms with Gasteiger partial charge in [-0.1, -0.05) is 37.6 Å². The van der Waals surface area contributed by atoms with Crippen LogP contribution in [-0.2, 0) is 14.9 Å². The Morgan fingerprint density at radius 2 is 1.83 bits per heavy atom. The van der Waals surface area contributed by atoms with Crippen LogP contribution in [0.4, 0.5) is 0 Å². The molecule has 0 bridgehead atoms. The molecule has 2 N–H and O–H groups in total. The minimum Gasteiger partial charge on any atom is -0.381 e. The number of aliphatic hydroxyl groups is 1. The summed E-state index contributed by atoms with van der Waals surface area (Å²) >= 11 is 5.98. The molecular weight excluding hydrogens is 314 g/mol. The van der Waals surface area contributed by atoms with Gasteiger partial charge in [-0.2, -0.15) is 0 Å². The van der Waals surface area contributed by atoms with Gasteiger partial charge >= 0.3 is 0 Å². The third-order valence-electron chi connectivity index (χ3n) is 5.14. The average molecular weight is 340 g/mol. The summed E-state index contributed by atoms with van der Waals surface area (Å²) in [6, 6.07) is 7.80. The van der Waals surface area contributed by atoms with Gasteiger partial charge in [-0.15, -0.1) is 0 Å². The van der Waals surface area contributed by atoms with E-state index in [1.165, 1.54) is 0 Å². The lowest BCUT2D eigenvalue weighted by molar-refractivity contribution is -0.149. The first-order valence-corrected chi connectivity index (χ1v) is 8.68. The third-order valence-corrected chi connectivity index (χ3v) is 5.39. The van der Waals surface area contributed by atoms with Crippen LogP contribution in [0.2, 0.25) is 5.02 Å². The van der Waals surface area contributed by atoms with Crippen molar-refractivity contribution in [1.82, 2.24) is 5.32 Å². The van der Waals surface area contributed by atoms with Gasteiger partial charge in [0.2, 0.25) is 0 Å². The molecule has 0 radical (unpaired) electrons. The van der Waals surface area contributed by atoms with Crippen molar-refractivity contribution in [3.05, 3.63) is 34.9 Å². The zero-order chi connectivity index (χ0) is 16.9.